The second kappa shape index (κ2) is 4.65. The molecule has 0 aliphatic carbocycles. The van der Waals surface area contributed by atoms with Crippen LogP contribution in [0, 0.1) is 6.92 Å². The van der Waals surface area contributed by atoms with E-state index in [1.54, 1.807) is 13.1 Å². The van der Waals surface area contributed by atoms with E-state index in [0.29, 0.717) is 11.5 Å². The Kier molecular flexibility index (Phi) is 2.83. The summed E-state index contributed by atoms with van der Waals surface area (Å²) < 4.78 is 6.77. The molecule has 0 bridgehead atoms. The first-order chi connectivity index (χ1) is 9.65. The molecule has 0 fully saturated rings. The Bertz CT molecular complexity index is 759. The van der Waals surface area contributed by atoms with Crippen molar-refractivity contribution >= 4 is 5.97 Å². The quantitative estimate of drug-likeness (QED) is 0.790. The number of aryl methyl sites for hydroxylation is 1. The molecule has 3 aromatic rings. The minimum atomic E-state index is -1.08. The number of benzene rings is 1. The van der Waals surface area contributed by atoms with Crippen LogP contribution in [0.3, 0.4) is 0 Å². The van der Waals surface area contributed by atoms with Crippen molar-refractivity contribution in [2.24, 2.45) is 0 Å². The predicted molar refractivity (Wildman–Crippen MR) is 70.8 cm³/mol. The molecule has 0 radical (unpaired) electrons. The maximum atomic E-state index is 11.2. The molecule has 0 aliphatic heterocycles. The van der Waals surface area contributed by atoms with Crippen molar-refractivity contribution in [1.29, 1.82) is 0 Å². The van der Waals surface area contributed by atoms with Gasteiger partial charge in [-0.25, -0.2) is 4.79 Å². The Balaban J connectivity index is 2.05. The SMILES string of the molecule is Cc1cc(C(=O)O)n(-c2ncc(-c3ccccc3)o2)n1. The summed E-state index contributed by atoms with van der Waals surface area (Å²) in [4.78, 5) is 15.2. The lowest BCUT2D eigenvalue weighted by Crippen LogP contribution is -2.07. The summed E-state index contributed by atoms with van der Waals surface area (Å²) in [6, 6.07) is 11.0. The van der Waals surface area contributed by atoms with Crippen LogP contribution in [-0.4, -0.2) is 25.8 Å². The molecule has 6 nitrogen and oxygen atoms in total. The highest BCUT2D eigenvalue weighted by Gasteiger charge is 2.18. The Morgan fingerprint density at radius 3 is 2.75 bits per heavy atom. The maximum absolute atomic E-state index is 11.2. The molecule has 6 heteroatoms. The number of carbonyl (C=O) groups is 1. The summed E-state index contributed by atoms with van der Waals surface area (Å²) in [6.07, 6.45) is 1.55. The molecule has 1 N–H and O–H groups in total. The molecule has 0 saturated heterocycles. The zero-order chi connectivity index (χ0) is 14.1. The molecular formula is C14H11N3O3. The first-order valence-corrected chi connectivity index (χ1v) is 5.97. The van der Waals surface area contributed by atoms with Gasteiger partial charge in [0.2, 0.25) is 0 Å². The molecule has 0 atom stereocenters. The summed E-state index contributed by atoms with van der Waals surface area (Å²) in [6.45, 7) is 1.71. The van der Waals surface area contributed by atoms with Crippen molar-refractivity contribution in [3.63, 3.8) is 0 Å². The molecule has 3 rings (SSSR count). The zero-order valence-corrected chi connectivity index (χ0v) is 10.6. The van der Waals surface area contributed by atoms with E-state index < -0.39 is 5.97 Å². The van der Waals surface area contributed by atoms with Crippen molar-refractivity contribution in [3.05, 3.63) is 54.0 Å². The Labute approximate surface area is 114 Å². The summed E-state index contributed by atoms with van der Waals surface area (Å²) >= 11 is 0. The fraction of sp³-hybridized carbons (Fsp3) is 0.0714. The molecule has 20 heavy (non-hydrogen) atoms. The fourth-order valence-electron chi connectivity index (χ4n) is 1.90. The third-order valence-electron chi connectivity index (χ3n) is 2.78. The Morgan fingerprint density at radius 1 is 1.30 bits per heavy atom. The third kappa shape index (κ3) is 2.07. The van der Waals surface area contributed by atoms with Crippen molar-refractivity contribution in [2.45, 2.75) is 6.92 Å². The number of rotatable bonds is 3. The smallest absolute Gasteiger partial charge is 0.354 e. The molecule has 0 aliphatic rings. The number of hydrogen-bond donors (Lipinski definition) is 1. The van der Waals surface area contributed by atoms with Crippen LogP contribution < -0.4 is 0 Å². The fourth-order valence-corrected chi connectivity index (χ4v) is 1.90. The number of aromatic carboxylic acids is 1. The van der Waals surface area contributed by atoms with Crippen LogP contribution in [-0.2, 0) is 0 Å². The second-order valence-corrected chi connectivity index (χ2v) is 4.26. The van der Waals surface area contributed by atoms with Gasteiger partial charge in [0.15, 0.2) is 11.5 Å². The van der Waals surface area contributed by atoms with E-state index >= 15 is 0 Å². The molecule has 1 aromatic carbocycles. The molecule has 0 unspecified atom stereocenters. The van der Waals surface area contributed by atoms with E-state index in [1.807, 2.05) is 30.3 Å². The van der Waals surface area contributed by atoms with E-state index in [2.05, 4.69) is 10.1 Å². The first-order valence-electron chi connectivity index (χ1n) is 5.97. The highest BCUT2D eigenvalue weighted by atomic mass is 16.4. The van der Waals surface area contributed by atoms with E-state index in [9.17, 15) is 4.79 Å². The van der Waals surface area contributed by atoms with Gasteiger partial charge in [0.1, 0.15) is 0 Å². The van der Waals surface area contributed by atoms with Gasteiger partial charge in [-0.3, -0.25) is 0 Å². The minimum absolute atomic E-state index is 0.0176. The summed E-state index contributed by atoms with van der Waals surface area (Å²) in [7, 11) is 0. The van der Waals surface area contributed by atoms with Gasteiger partial charge in [0, 0.05) is 5.56 Å². The predicted octanol–water partition coefficient (Wildman–Crippen LogP) is 2.53. The first kappa shape index (κ1) is 12.2. The van der Waals surface area contributed by atoms with Crippen LogP contribution in [0.25, 0.3) is 17.3 Å². The Morgan fingerprint density at radius 2 is 2.05 bits per heavy atom. The van der Waals surface area contributed by atoms with Gasteiger partial charge >= 0.3 is 12.0 Å². The number of carboxylic acid groups (broad SMARTS) is 1. The van der Waals surface area contributed by atoms with Gasteiger partial charge < -0.3 is 9.52 Å². The van der Waals surface area contributed by atoms with Crippen LogP contribution in [0.5, 0.6) is 0 Å². The van der Waals surface area contributed by atoms with E-state index in [4.69, 9.17) is 9.52 Å². The van der Waals surface area contributed by atoms with Crippen LogP contribution >= 0.6 is 0 Å². The molecule has 0 amide bonds. The van der Waals surface area contributed by atoms with Crippen molar-refractivity contribution in [2.75, 3.05) is 0 Å². The molecule has 100 valence electrons. The second-order valence-electron chi connectivity index (χ2n) is 4.26. The molecule has 2 heterocycles. The van der Waals surface area contributed by atoms with Gasteiger partial charge in [-0.1, -0.05) is 30.3 Å². The third-order valence-corrected chi connectivity index (χ3v) is 2.78. The van der Waals surface area contributed by atoms with Gasteiger partial charge in [-0.2, -0.15) is 14.8 Å². The highest BCUT2D eigenvalue weighted by molar-refractivity contribution is 5.86. The van der Waals surface area contributed by atoms with Gasteiger partial charge in [-0.05, 0) is 13.0 Å². The van der Waals surface area contributed by atoms with E-state index in [1.165, 1.54) is 10.7 Å². The average Bonchev–Trinajstić information content (AvgIpc) is 3.06. The standard InChI is InChI=1S/C14H11N3O3/c1-9-7-11(13(18)19)17(16-9)14-15-8-12(20-14)10-5-3-2-4-6-10/h2-8H,1H3,(H,18,19). The van der Waals surface area contributed by atoms with Gasteiger partial charge in [0.05, 0.1) is 11.9 Å². The topological polar surface area (TPSA) is 81.1 Å². The number of oxazole rings is 1. The van der Waals surface area contributed by atoms with E-state index in [0.717, 1.165) is 5.56 Å². The number of carboxylic acids is 1. The lowest BCUT2D eigenvalue weighted by Gasteiger charge is -1.98. The van der Waals surface area contributed by atoms with E-state index in [-0.39, 0.29) is 11.7 Å². The lowest BCUT2D eigenvalue weighted by molar-refractivity contribution is 0.0685. The average molecular weight is 269 g/mol. The molecule has 0 spiro atoms. The van der Waals surface area contributed by atoms with Crippen LogP contribution in [0.15, 0.2) is 47.0 Å². The monoisotopic (exact) mass is 269 g/mol. The van der Waals surface area contributed by atoms with Crippen LogP contribution in [0.4, 0.5) is 0 Å². The van der Waals surface area contributed by atoms with Crippen LogP contribution in [0.1, 0.15) is 16.2 Å². The number of aromatic nitrogens is 3. The highest BCUT2D eigenvalue weighted by Crippen LogP contribution is 2.22. The normalized spacial score (nSPS) is 10.7. The molecular weight excluding hydrogens is 258 g/mol. The minimum Gasteiger partial charge on any atom is -0.477 e. The summed E-state index contributed by atoms with van der Waals surface area (Å²) in [5.41, 5.74) is 1.47. The van der Waals surface area contributed by atoms with Crippen molar-refractivity contribution < 1.29 is 14.3 Å². The van der Waals surface area contributed by atoms with Crippen molar-refractivity contribution in [1.82, 2.24) is 14.8 Å². The number of nitrogens with zero attached hydrogens (tertiary/aromatic N) is 3. The Hall–Kier alpha value is -2.89. The van der Waals surface area contributed by atoms with Crippen molar-refractivity contribution in [3.8, 4) is 17.3 Å². The van der Waals surface area contributed by atoms with Crippen LogP contribution in [0.2, 0.25) is 0 Å². The summed E-state index contributed by atoms with van der Waals surface area (Å²) in [5.74, 6) is -0.518. The lowest BCUT2D eigenvalue weighted by atomic mass is 10.2. The zero-order valence-electron chi connectivity index (χ0n) is 10.6. The molecule has 0 saturated carbocycles. The van der Waals surface area contributed by atoms with Gasteiger partial charge in [-0.15, -0.1) is 0 Å². The number of hydrogen-bond acceptors (Lipinski definition) is 4. The van der Waals surface area contributed by atoms with Gasteiger partial charge in [0.25, 0.3) is 0 Å². The largest absolute Gasteiger partial charge is 0.477 e. The summed E-state index contributed by atoms with van der Waals surface area (Å²) in [5, 5.41) is 13.2. The molecule has 2 aromatic heterocycles. The maximum Gasteiger partial charge on any atom is 0.354 e.